The predicted molar refractivity (Wildman–Crippen MR) is 91.5 cm³/mol. The lowest BCUT2D eigenvalue weighted by Crippen LogP contribution is -1.91. The molecule has 0 spiro atoms. The molecule has 0 unspecified atom stereocenters. The highest BCUT2D eigenvalue weighted by Crippen LogP contribution is 2.31. The van der Waals surface area contributed by atoms with Gasteiger partial charge in [-0.2, -0.15) is 0 Å². The Kier molecular flexibility index (Phi) is 3.61. The summed E-state index contributed by atoms with van der Waals surface area (Å²) in [7, 11) is 0. The van der Waals surface area contributed by atoms with E-state index in [0.717, 1.165) is 17.3 Å². The van der Waals surface area contributed by atoms with Crippen LogP contribution in [0.1, 0.15) is 0 Å². The molecule has 0 fully saturated rings. The zero-order valence-corrected chi connectivity index (χ0v) is 13.8. The summed E-state index contributed by atoms with van der Waals surface area (Å²) in [5.41, 5.74) is 2.33. The summed E-state index contributed by atoms with van der Waals surface area (Å²) in [6.45, 7) is 0. The molecule has 0 aliphatic heterocycles. The van der Waals surface area contributed by atoms with Crippen molar-refractivity contribution in [1.29, 1.82) is 0 Å². The molecule has 6 heteroatoms. The van der Waals surface area contributed by atoms with Crippen molar-refractivity contribution in [3.63, 3.8) is 0 Å². The molecule has 4 aromatic rings. The minimum Gasteiger partial charge on any atom is -0.277 e. The Morgan fingerprint density at radius 2 is 1.71 bits per heavy atom. The molecule has 0 atom stereocenters. The summed E-state index contributed by atoms with van der Waals surface area (Å²) in [5.74, 6) is -0.857. The van der Waals surface area contributed by atoms with E-state index in [-0.39, 0.29) is 5.56 Å². The van der Waals surface area contributed by atoms with Gasteiger partial charge in [0, 0.05) is 23.4 Å². The smallest absolute Gasteiger partial charge is 0.235 e. The Balaban J connectivity index is 1.88. The van der Waals surface area contributed by atoms with E-state index in [4.69, 9.17) is 0 Å². The third-order valence-corrected chi connectivity index (χ3v) is 4.45. The van der Waals surface area contributed by atoms with Crippen molar-refractivity contribution in [2.45, 2.75) is 0 Å². The molecule has 24 heavy (non-hydrogen) atoms. The molecule has 2 heterocycles. The summed E-state index contributed by atoms with van der Waals surface area (Å²) >= 11 is 3.42. The van der Waals surface area contributed by atoms with Crippen LogP contribution in [0.15, 0.2) is 65.4 Å². The van der Waals surface area contributed by atoms with Crippen molar-refractivity contribution in [3.05, 3.63) is 77.0 Å². The van der Waals surface area contributed by atoms with E-state index >= 15 is 0 Å². The highest BCUT2D eigenvalue weighted by molar-refractivity contribution is 9.10. The van der Waals surface area contributed by atoms with Crippen LogP contribution in [0.3, 0.4) is 0 Å². The van der Waals surface area contributed by atoms with Crippen LogP contribution in [0.4, 0.5) is 8.78 Å². The van der Waals surface area contributed by atoms with Crippen LogP contribution >= 0.6 is 15.9 Å². The summed E-state index contributed by atoms with van der Waals surface area (Å²) in [6.07, 6.45) is 1.81. The number of aromatic nitrogens is 3. The first kappa shape index (κ1) is 15.0. The number of halogens is 3. The largest absolute Gasteiger partial charge is 0.277 e. The standard InChI is InChI=1S/C18H10BrF2N3/c19-17-16(13-7-6-12(20)10-14(13)21)23-18-22-15(8-9-24(17)18)11-4-2-1-3-5-11/h1-10H. The van der Waals surface area contributed by atoms with Crippen molar-refractivity contribution in [3.8, 4) is 22.5 Å². The van der Waals surface area contributed by atoms with Gasteiger partial charge in [-0.25, -0.2) is 18.7 Å². The average molecular weight is 386 g/mol. The first-order chi connectivity index (χ1) is 11.6. The minimum absolute atomic E-state index is 0.218. The van der Waals surface area contributed by atoms with Gasteiger partial charge in [-0.1, -0.05) is 30.3 Å². The van der Waals surface area contributed by atoms with E-state index in [9.17, 15) is 8.78 Å². The second-order valence-electron chi connectivity index (χ2n) is 5.22. The first-order valence-electron chi connectivity index (χ1n) is 7.19. The quantitative estimate of drug-likeness (QED) is 0.480. The molecule has 0 saturated carbocycles. The number of hydrogen-bond acceptors (Lipinski definition) is 2. The molecule has 2 aromatic carbocycles. The van der Waals surface area contributed by atoms with E-state index in [2.05, 4.69) is 25.9 Å². The van der Waals surface area contributed by atoms with Crippen LogP contribution in [0.5, 0.6) is 0 Å². The van der Waals surface area contributed by atoms with Gasteiger partial charge in [0.05, 0.1) is 5.69 Å². The van der Waals surface area contributed by atoms with Crippen LogP contribution in [0.2, 0.25) is 0 Å². The fraction of sp³-hybridized carbons (Fsp3) is 0. The van der Waals surface area contributed by atoms with Crippen molar-refractivity contribution in [2.24, 2.45) is 0 Å². The molecule has 3 nitrogen and oxygen atoms in total. The van der Waals surface area contributed by atoms with Gasteiger partial charge in [-0.05, 0) is 34.1 Å². The first-order valence-corrected chi connectivity index (χ1v) is 7.98. The van der Waals surface area contributed by atoms with Gasteiger partial charge < -0.3 is 0 Å². The van der Waals surface area contributed by atoms with Gasteiger partial charge in [0.25, 0.3) is 0 Å². The van der Waals surface area contributed by atoms with E-state index in [1.54, 1.807) is 4.40 Å². The number of nitrogens with zero attached hydrogens (tertiary/aromatic N) is 3. The summed E-state index contributed by atoms with van der Waals surface area (Å²) in [5, 5.41) is 0. The number of hydrogen-bond donors (Lipinski definition) is 0. The van der Waals surface area contributed by atoms with Gasteiger partial charge in [-0.15, -0.1) is 0 Å². The lowest BCUT2D eigenvalue weighted by Gasteiger charge is -2.01. The predicted octanol–water partition coefficient (Wildman–Crippen LogP) is 5.10. The van der Waals surface area contributed by atoms with E-state index in [0.29, 0.717) is 16.1 Å². The highest BCUT2D eigenvalue weighted by atomic mass is 79.9. The normalized spacial score (nSPS) is 11.1. The molecule has 0 bridgehead atoms. The fourth-order valence-corrected chi connectivity index (χ4v) is 3.10. The maximum absolute atomic E-state index is 14.1. The second-order valence-corrected chi connectivity index (χ2v) is 5.98. The molecule has 0 aliphatic carbocycles. The molecule has 0 amide bonds. The Hall–Kier alpha value is -2.60. The molecule has 4 rings (SSSR count). The average Bonchev–Trinajstić information content (AvgIpc) is 2.92. The zero-order valence-electron chi connectivity index (χ0n) is 12.2. The van der Waals surface area contributed by atoms with Crippen LogP contribution in [-0.4, -0.2) is 14.4 Å². The second kappa shape index (κ2) is 5.79. The van der Waals surface area contributed by atoms with Gasteiger partial charge in [0.2, 0.25) is 5.78 Å². The van der Waals surface area contributed by atoms with Crippen molar-refractivity contribution in [2.75, 3.05) is 0 Å². The number of imidazole rings is 1. The van der Waals surface area contributed by atoms with Crippen LogP contribution in [-0.2, 0) is 0 Å². The maximum atomic E-state index is 14.1. The van der Waals surface area contributed by atoms with E-state index in [1.165, 1.54) is 12.1 Å². The highest BCUT2D eigenvalue weighted by Gasteiger charge is 2.17. The zero-order chi connectivity index (χ0) is 16.7. The minimum atomic E-state index is -0.664. The van der Waals surface area contributed by atoms with Crippen molar-refractivity contribution >= 4 is 21.7 Å². The third kappa shape index (κ3) is 2.49. The van der Waals surface area contributed by atoms with Crippen LogP contribution in [0.25, 0.3) is 28.3 Å². The Morgan fingerprint density at radius 1 is 0.917 bits per heavy atom. The molecule has 0 radical (unpaired) electrons. The fourth-order valence-electron chi connectivity index (χ4n) is 2.53. The molecular formula is C18H10BrF2N3. The van der Waals surface area contributed by atoms with Gasteiger partial charge >= 0.3 is 0 Å². The van der Waals surface area contributed by atoms with Crippen molar-refractivity contribution in [1.82, 2.24) is 14.4 Å². The Morgan fingerprint density at radius 3 is 2.46 bits per heavy atom. The third-order valence-electron chi connectivity index (χ3n) is 3.69. The number of fused-ring (bicyclic) bond motifs is 1. The monoisotopic (exact) mass is 385 g/mol. The molecule has 0 saturated heterocycles. The lowest BCUT2D eigenvalue weighted by atomic mass is 10.1. The SMILES string of the molecule is Fc1ccc(-c2nc3nc(-c4ccccc4)ccn3c2Br)c(F)c1. The van der Waals surface area contributed by atoms with Gasteiger partial charge in [0.1, 0.15) is 21.9 Å². The topological polar surface area (TPSA) is 30.2 Å². The Bertz CT molecular complexity index is 1050. The maximum Gasteiger partial charge on any atom is 0.235 e. The molecule has 2 aromatic heterocycles. The number of rotatable bonds is 2. The van der Waals surface area contributed by atoms with Gasteiger partial charge in [0.15, 0.2) is 0 Å². The summed E-state index contributed by atoms with van der Waals surface area (Å²) < 4.78 is 29.5. The van der Waals surface area contributed by atoms with E-state index < -0.39 is 11.6 Å². The van der Waals surface area contributed by atoms with E-state index in [1.807, 2.05) is 42.6 Å². The molecule has 0 aliphatic rings. The Labute approximate surface area is 144 Å². The van der Waals surface area contributed by atoms with Crippen LogP contribution < -0.4 is 0 Å². The van der Waals surface area contributed by atoms with Crippen LogP contribution in [0, 0.1) is 11.6 Å². The summed E-state index contributed by atoms with van der Waals surface area (Å²) in [4.78, 5) is 8.93. The molecule has 0 N–H and O–H groups in total. The van der Waals surface area contributed by atoms with Gasteiger partial charge in [-0.3, -0.25) is 4.40 Å². The molecule has 118 valence electrons. The number of benzene rings is 2. The van der Waals surface area contributed by atoms with Crippen molar-refractivity contribution < 1.29 is 8.78 Å². The lowest BCUT2D eigenvalue weighted by molar-refractivity contribution is 0.585. The summed E-state index contributed by atoms with van der Waals surface area (Å²) in [6, 6.07) is 15.0. The molecular weight excluding hydrogens is 376 g/mol.